The molecule has 13 heteroatoms. The Morgan fingerprint density at radius 3 is 2.14 bits per heavy atom. The zero-order valence-corrected chi connectivity index (χ0v) is 23.2. The molecule has 0 bridgehead atoms. The summed E-state index contributed by atoms with van der Waals surface area (Å²) in [4.78, 5) is 20.4. The second kappa shape index (κ2) is 15.1. The Hall–Kier alpha value is -4.58. The van der Waals surface area contributed by atoms with E-state index in [0.29, 0.717) is 0 Å². The minimum Gasteiger partial charge on any atom is -0.445 e. The Kier molecular flexibility index (Phi) is 11.0. The highest BCUT2D eigenvalue weighted by Crippen LogP contribution is 2.31. The number of ether oxygens (including phenoxy) is 4. The number of carbonyl (C=O) groups is 1. The fraction of sp³-hybridized carbons (Fsp3) is 0.333. The van der Waals surface area contributed by atoms with Crippen molar-refractivity contribution in [1.29, 1.82) is 0 Å². The van der Waals surface area contributed by atoms with Crippen LogP contribution in [0.5, 0.6) is 0 Å². The SMILES string of the molecule is CN(C[C@H]1OC(OC(=Nc2ccccc2)C(F)(F)F)[C@H](N=[N+]=[N-])C[C@@H]1OCc1ccccc1)C(=O)OCc1ccccc1. The van der Waals surface area contributed by atoms with Crippen LogP contribution in [0.2, 0.25) is 0 Å². The molecule has 1 fully saturated rings. The summed E-state index contributed by atoms with van der Waals surface area (Å²) in [6.45, 7) is 0.0531. The Balaban J connectivity index is 1.54. The third kappa shape index (κ3) is 9.47. The maximum absolute atomic E-state index is 14.0. The first kappa shape index (κ1) is 31.4. The predicted molar refractivity (Wildman–Crippen MR) is 151 cm³/mol. The van der Waals surface area contributed by atoms with Crippen LogP contribution >= 0.6 is 0 Å². The lowest BCUT2D eigenvalue weighted by molar-refractivity contribution is -0.223. The lowest BCUT2D eigenvalue weighted by Gasteiger charge is -2.40. The van der Waals surface area contributed by atoms with Crippen LogP contribution in [0.15, 0.2) is 101 Å². The quantitative estimate of drug-likeness (QED) is 0.0825. The standard InChI is InChI=1S/C30H30F3N5O5/c1-38(29(39)41-20-22-13-7-3-8-14-22)18-26-25(40-19-21-11-5-2-6-12-21)17-24(36-37-34)27(42-26)43-28(30(31,32)33)35-23-15-9-4-10-16-23/h2-16,24-27H,17-20H2,1H3/t24-,25+,26-,27?/m1/s1. The van der Waals surface area contributed by atoms with Crippen LogP contribution in [-0.4, -0.2) is 61.2 Å². The van der Waals surface area contributed by atoms with Crippen molar-refractivity contribution in [3.8, 4) is 0 Å². The Labute approximate surface area is 246 Å². The van der Waals surface area contributed by atoms with Crippen molar-refractivity contribution in [1.82, 2.24) is 4.90 Å². The molecule has 0 aliphatic carbocycles. The van der Waals surface area contributed by atoms with Gasteiger partial charge in [-0.2, -0.15) is 13.2 Å². The lowest BCUT2D eigenvalue weighted by atomic mass is 10.00. The number of para-hydroxylation sites is 1. The predicted octanol–water partition coefficient (Wildman–Crippen LogP) is 6.94. The monoisotopic (exact) mass is 597 g/mol. The molecule has 4 atom stereocenters. The lowest BCUT2D eigenvalue weighted by Crippen LogP contribution is -2.54. The molecule has 1 aliphatic heterocycles. The van der Waals surface area contributed by atoms with Gasteiger partial charge in [0.15, 0.2) is 0 Å². The second-order valence-corrected chi connectivity index (χ2v) is 9.67. The van der Waals surface area contributed by atoms with Gasteiger partial charge in [0, 0.05) is 12.0 Å². The van der Waals surface area contributed by atoms with Gasteiger partial charge >= 0.3 is 12.3 Å². The van der Waals surface area contributed by atoms with E-state index in [1.807, 2.05) is 48.5 Å². The average molecular weight is 598 g/mol. The molecule has 1 unspecified atom stereocenters. The van der Waals surface area contributed by atoms with E-state index in [-0.39, 0.29) is 31.9 Å². The first-order valence-electron chi connectivity index (χ1n) is 13.4. The van der Waals surface area contributed by atoms with E-state index >= 15 is 0 Å². The molecule has 0 spiro atoms. The molecule has 3 aromatic carbocycles. The zero-order valence-electron chi connectivity index (χ0n) is 23.2. The molecule has 0 aromatic heterocycles. The van der Waals surface area contributed by atoms with Crippen molar-refractivity contribution in [2.75, 3.05) is 13.6 Å². The van der Waals surface area contributed by atoms with Crippen LogP contribution in [0.25, 0.3) is 10.4 Å². The number of halogens is 3. The van der Waals surface area contributed by atoms with E-state index in [4.69, 9.17) is 18.9 Å². The number of amides is 1. The average Bonchev–Trinajstić information content (AvgIpc) is 3.01. The van der Waals surface area contributed by atoms with Gasteiger partial charge in [-0.25, -0.2) is 9.79 Å². The van der Waals surface area contributed by atoms with Crippen LogP contribution in [0.4, 0.5) is 23.7 Å². The Morgan fingerprint density at radius 2 is 1.56 bits per heavy atom. The van der Waals surface area contributed by atoms with E-state index in [1.54, 1.807) is 18.2 Å². The molecule has 0 radical (unpaired) electrons. The summed E-state index contributed by atoms with van der Waals surface area (Å²) in [5.74, 6) is -1.57. The molecule has 1 heterocycles. The number of carbonyl (C=O) groups excluding carboxylic acids is 1. The summed E-state index contributed by atoms with van der Waals surface area (Å²) >= 11 is 0. The number of nitrogens with zero attached hydrogens (tertiary/aromatic N) is 5. The van der Waals surface area contributed by atoms with Crippen molar-refractivity contribution in [2.24, 2.45) is 10.1 Å². The van der Waals surface area contributed by atoms with Crippen LogP contribution in [0.3, 0.4) is 0 Å². The maximum Gasteiger partial charge on any atom is 0.468 e. The molecular formula is C30H30F3N5O5. The van der Waals surface area contributed by atoms with Crippen molar-refractivity contribution >= 4 is 17.7 Å². The number of benzene rings is 3. The van der Waals surface area contributed by atoms with Gasteiger partial charge < -0.3 is 23.8 Å². The van der Waals surface area contributed by atoms with E-state index in [9.17, 15) is 23.5 Å². The zero-order chi connectivity index (χ0) is 30.7. The Morgan fingerprint density at radius 1 is 0.977 bits per heavy atom. The van der Waals surface area contributed by atoms with Gasteiger partial charge in [-0.3, -0.25) is 0 Å². The molecule has 226 valence electrons. The Bertz CT molecular complexity index is 1390. The molecule has 1 amide bonds. The topological polar surface area (TPSA) is 118 Å². The van der Waals surface area contributed by atoms with E-state index < -0.39 is 42.7 Å². The van der Waals surface area contributed by atoms with Crippen LogP contribution in [-0.2, 0) is 32.2 Å². The van der Waals surface area contributed by atoms with E-state index in [1.165, 1.54) is 36.2 Å². The largest absolute Gasteiger partial charge is 0.468 e. The number of hydrogen-bond acceptors (Lipinski definition) is 7. The highest BCUT2D eigenvalue weighted by atomic mass is 19.4. The van der Waals surface area contributed by atoms with Crippen molar-refractivity contribution in [3.63, 3.8) is 0 Å². The highest BCUT2D eigenvalue weighted by molar-refractivity contribution is 5.84. The molecule has 0 N–H and O–H groups in total. The smallest absolute Gasteiger partial charge is 0.445 e. The first-order chi connectivity index (χ1) is 20.7. The summed E-state index contributed by atoms with van der Waals surface area (Å²) in [5, 5.41) is 3.65. The van der Waals surface area contributed by atoms with Crippen molar-refractivity contribution < 1.29 is 36.9 Å². The molecule has 4 rings (SSSR count). The summed E-state index contributed by atoms with van der Waals surface area (Å²) in [7, 11) is 1.47. The van der Waals surface area contributed by atoms with Gasteiger partial charge in [0.1, 0.15) is 18.8 Å². The minimum atomic E-state index is -4.98. The number of hydrogen-bond donors (Lipinski definition) is 0. The van der Waals surface area contributed by atoms with Gasteiger partial charge in [-0.1, -0.05) is 84.0 Å². The highest BCUT2D eigenvalue weighted by Gasteiger charge is 2.46. The van der Waals surface area contributed by atoms with E-state index in [0.717, 1.165) is 11.1 Å². The van der Waals surface area contributed by atoms with Gasteiger partial charge in [0.2, 0.25) is 6.29 Å². The van der Waals surface area contributed by atoms with Crippen LogP contribution < -0.4 is 0 Å². The molecule has 43 heavy (non-hydrogen) atoms. The molecule has 3 aromatic rings. The number of alkyl halides is 3. The van der Waals surface area contributed by atoms with E-state index in [2.05, 4.69) is 15.0 Å². The van der Waals surface area contributed by atoms with Gasteiger partial charge in [-0.15, -0.1) is 0 Å². The van der Waals surface area contributed by atoms with Crippen LogP contribution in [0.1, 0.15) is 17.5 Å². The third-order valence-corrected chi connectivity index (χ3v) is 6.45. The second-order valence-electron chi connectivity index (χ2n) is 9.67. The molecule has 0 saturated carbocycles. The molecule has 10 nitrogen and oxygen atoms in total. The third-order valence-electron chi connectivity index (χ3n) is 6.45. The summed E-state index contributed by atoms with van der Waals surface area (Å²) in [5.41, 5.74) is 10.8. The summed E-state index contributed by atoms with van der Waals surface area (Å²) in [6, 6.07) is 24.6. The number of azide groups is 1. The number of aliphatic imine (C=N–C) groups is 1. The van der Waals surface area contributed by atoms with Gasteiger partial charge in [-0.05, 0) is 35.2 Å². The minimum absolute atomic E-state index is 0.00693. The van der Waals surface area contributed by atoms with Gasteiger partial charge in [0.25, 0.3) is 5.90 Å². The molecule has 1 aliphatic rings. The maximum atomic E-state index is 14.0. The summed E-state index contributed by atoms with van der Waals surface area (Å²) < 4.78 is 64.7. The summed E-state index contributed by atoms with van der Waals surface area (Å²) in [6.07, 6.45) is -9.12. The molecular weight excluding hydrogens is 567 g/mol. The first-order valence-corrected chi connectivity index (χ1v) is 13.4. The number of likely N-dealkylation sites (N-methyl/N-ethyl adjacent to an activating group) is 1. The number of rotatable bonds is 10. The fourth-order valence-corrected chi connectivity index (χ4v) is 4.30. The van der Waals surface area contributed by atoms with Gasteiger partial charge in [0.05, 0.1) is 24.9 Å². The normalized spacial score (nSPS) is 20.5. The molecule has 1 saturated heterocycles. The van der Waals surface area contributed by atoms with Crippen molar-refractivity contribution in [2.45, 2.75) is 50.4 Å². The fourth-order valence-electron chi connectivity index (χ4n) is 4.30. The van der Waals surface area contributed by atoms with Crippen LogP contribution in [0, 0.1) is 0 Å². The van der Waals surface area contributed by atoms with Crippen molar-refractivity contribution in [3.05, 3.63) is 113 Å².